The van der Waals surface area contributed by atoms with Gasteiger partial charge in [0, 0.05) is 19.6 Å². The summed E-state index contributed by atoms with van der Waals surface area (Å²) in [5.41, 5.74) is 0. The molecule has 1 aliphatic carbocycles. The fourth-order valence-corrected chi connectivity index (χ4v) is 2.93. The lowest BCUT2D eigenvalue weighted by Gasteiger charge is -2.36. The molecule has 2 rings (SSSR count). The van der Waals surface area contributed by atoms with E-state index in [1.807, 2.05) is 0 Å². The maximum Gasteiger partial charge on any atom is 0.0932 e. The van der Waals surface area contributed by atoms with E-state index in [2.05, 4.69) is 11.8 Å². The monoisotopic (exact) mass is 227 g/mol. The third kappa shape index (κ3) is 3.44. The van der Waals surface area contributed by atoms with Gasteiger partial charge in [0.25, 0.3) is 0 Å². The largest absolute Gasteiger partial charge is 0.394 e. The molecule has 0 amide bonds. The molecule has 1 aliphatic heterocycles. The minimum atomic E-state index is 0.0521. The molecule has 0 aromatic heterocycles. The molecule has 2 aliphatic rings. The highest BCUT2D eigenvalue weighted by Gasteiger charge is 2.24. The summed E-state index contributed by atoms with van der Waals surface area (Å²) in [4.78, 5) is 2.48. The van der Waals surface area contributed by atoms with Gasteiger partial charge in [-0.3, -0.25) is 4.90 Å². The molecular formula is C13H25NO2. The highest BCUT2D eigenvalue weighted by atomic mass is 16.5. The maximum atomic E-state index is 9.10. The average Bonchev–Trinajstić information content (AvgIpc) is 2.32. The van der Waals surface area contributed by atoms with E-state index < -0.39 is 0 Å². The Balaban J connectivity index is 1.72. The standard InChI is InChI=1S/C13H25NO2/c1-11-2-4-12(5-3-11)8-14-6-7-16-13(9-14)10-15/h11-13,15H,2-10H2,1H3. The van der Waals surface area contributed by atoms with Crippen molar-refractivity contribution >= 4 is 0 Å². The fourth-order valence-electron chi connectivity index (χ4n) is 2.93. The van der Waals surface area contributed by atoms with Crippen molar-refractivity contribution in [3.63, 3.8) is 0 Å². The number of hydrogen-bond donors (Lipinski definition) is 1. The summed E-state index contributed by atoms with van der Waals surface area (Å²) >= 11 is 0. The van der Waals surface area contributed by atoms with Crippen LogP contribution in [0.4, 0.5) is 0 Å². The van der Waals surface area contributed by atoms with E-state index in [9.17, 15) is 0 Å². The highest BCUT2D eigenvalue weighted by molar-refractivity contribution is 4.77. The zero-order chi connectivity index (χ0) is 11.4. The van der Waals surface area contributed by atoms with Crippen LogP contribution in [0.25, 0.3) is 0 Å². The molecule has 16 heavy (non-hydrogen) atoms. The molecular weight excluding hydrogens is 202 g/mol. The van der Waals surface area contributed by atoms with E-state index in [1.54, 1.807) is 0 Å². The van der Waals surface area contributed by atoms with Gasteiger partial charge in [-0.2, -0.15) is 0 Å². The Labute approximate surface area is 98.8 Å². The first-order valence-electron chi connectivity index (χ1n) is 6.72. The van der Waals surface area contributed by atoms with Crippen molar-refractivity contribution in [1.29, 1.82) is 0 Å². The van der Waals surface area contributed by atoms with Crippen molar-refractivity contribution in [2.45, 2.75) is 38.7 Å². The lowest BCUT2D eigenvalue weighted by atomic mass is 9.83. The molecule has 1 saturated carbocycles. The Morgan fingerprint density at radius 3 is 2.69 bits per heavy atom. The second-order valence-corrected chi connectivity index (χ2v) is 5.56. The van der Waals surface area contributed by atoms with Crippen LogP contribution in [0.3, 0.4) is 0 Å². The SMILES string of the molecule is CC1CCC(CN2CCOC(CO)C2)CC1. The Kier molecular flexibility index (Phi) is 4.62. The van der Waals surface area contributed by atoms with Crippen LogP contribution in [-0.2, 0) is 4.74 Å². The van der Waals surface area contributed by atoms with Gasteiger partial charge in [-0.1, -0.05) is 19.8 Å². The first-order chi connectivity index (χ1) is 7.78. The molecule has 1 N–H and O–H groups in total. The minimum Gasteiger partial charge on any atom is -0.394 e. The van der Waals surface area contributed by atoms with Crippen LogP contribution in [0.2, 0.25) is 0 Å². The van der Waals surface area contributed by atoms with Crippen LogP contribution in [0.15, 0.2) is 0 Å². The van der Waals surface area contributed by atoms with Gasteiger partial charge in [0.05, 0.1) is 19.3 Å². The van der Waals surface area contributed by atoms with Gasteiger partial charge in [-0.25, -0.2) is 0 Å². The Morgan fingerprint density at radius 1 is 1.25 bits per heavy atom. The summed E-state index contributed by atoms with van der Waals surface area (Å²) in [5, 5.41) is 9.10. The molecule has 2 fully saturated rings. The van der Waals surface area contributed by atoms with Crippen molar-refractivity contribution in [2.75, 3.05) is 32.8 Å². The Bertz CT molecular complexity index is 202. The zero-order valence-corrected chi connectivity index (χ0v) is 10.4. The quantitative estimate of drug-likeness (QED) is 0.793. The van der Waals surface area contributed by atoms with Crippen molar-refractivity contribution in [3.05, 3.63) is 0 Å². The van der Waals surface area contributed by atoms with Crippen LogP contribution in [-0.4, -0.2) is 49.0 Å². The molecule has 0 aromatic carbocycles. The minimum absolute atomic E-state index is 0.0521. The second kappa shape index (κ2) is 5.99. The van der Waals surface area contributed by atoms with Crippen LogP contribution in [0.1, 0.15) is 32.6 Å². The predicted molar refractivity (Wildman–Crippen MR) is 64.4 cm³/mol. The smallest absolute Gasteiger partial charge is 0.0932 e. The predicted octanol–water partition coefficient (Wildman–Crippen LogP) is 1.51. The molecule has 1 saturated heterocycles. The molecule has 1 unspecified atom stereocenters. The molecule has 1 atom stereocenters. The van der Waals surface area contributed by atoms with Crippen molar-refractivity contribution in [2.24, 2.45) is 11.8 Å². The van der Waals surface area contributed by atoms with Crippen molar-refractivity contribution < 1.29 is 9.84 Å². The second-order valence-electron chi connectivity index (χ2n) is 5.56. The third-order valence-corrected chi connectivity index (χ3v) is 4.08. The molecule has 0 radical (unpaired) electrons. The normalized spacial score (nSPS) is 37.5. The van der Waals surface area contributed by atoms with E-state index in [-0.39, 0.29) is 12.7 Å². The van der Waals surface area contributed by atoms with E-state index in [1.165, 1.54) is 32.2 Å². The van der Waals surface area contributed by atoms with Crippen LogP contribution < -0.4 is 0 Å². The van der Waals surface area contributed by atoms with Gasteiger partial charge in [-0.05, 0) is 24.7 Å². The molecule has 1 heterocycles. The van der Waals surface area contributed by atoms with Gasteiger partial charge < -0.3 is 9.84 Å². The number of aliphatic hydroxyl groups is 1. The number of nitrogens with zero attached hydrogens (tertiary/aromatic N) is 1. The van der Waals surface area contributed by atoms with Crippen molar-refractivity contribution in [3.8, 4) is 0 Å². The number of hydrogen-bond acceptors (Lipinski definition) is 3. The molecule has 3 nitrogen and oxygen atoms in total. The number of aliphatic hydroxyl groups excluding tert-OH is 1. The van der Waals surface area contributed by atoms with Gasteiger partial charge >= 0.3 is 0 Å². The first kappa shape index (κ1) is 12.3. The number of morpholine rings is 1. The summed E-state index contributed by atoms with van der Waals surface area (Å²) in [5.74, 6) is 1.82. The van der Waals surface area contributed by atoms with E-state index in [0.29, 0.717) is 0 Å². The summed E-state index contributed by atoms with van der Waals surface area (Å²) < 4.78 is 5.47. The Morgan fingerprint density at radius 2 is 2.00 bits per heavy atom. The topological polar surface area (TPSA) is 32.7 Å². The van der Waals surface area contributed by atoms with Gasteiger partial charge in [-0.15, -0.1) is 0 Å². The van der Waals surface area contributed by atoms with E-state index in [4.69, 9.17) is 9.84 Å². The van der Waals surface area contributed by atoms with Crippen molar-refractivity contribution in [1.82, 2.24) is 4.90 Å². The van der Waals surface area contributed by atoms with Crippen LogP contribution in [0, 0.1) is 11.8 Å². The maximum absolute atomic E-state index is 9.10. The average molecular weight is 227 g/mol. The molecule has 3 heteroatoms. The highest BCUT2D eigenvalue weighted by Crippen LogP contribution is 2.29. The number of rotatable bonds is 3. The summed E-state index contributed by atoms with van der Waals surface area (Å²) in [6.45, 7) is 6.50. The summed E-state index contributed by atoms with van der Waals surface area (Å²) in [6, 6.07) is 0. The van der Waals surface area contributed by atoms with Gasteiger partial charge in [0.2, 0.25) is 0 Å². The molecule has 0 bridgehead atoms. The lowest BCUT2D eigenvalue weighted by Crippen LogP contribution is -2.46. The molecule has 0 spiro atoms. The van der Waals surface area contributed by atoms with Gasteiger partial charge in [0.15, 0.2) is 0 Å². The number of ether oxygens (including phenoxy) is 1. The Hall–Kier alpha value is -0.120. The summed E-state index contributed by atoms with van der Waals surface area (Å²) in [6.07, 6.45) is 5.64. The third-order valence-electron chi connectivity index (χ3n) is 4.08. The molecule has 94 valence electrons. The lowest BCUT2D eigenvalue weighted by molar-refractivity contribution is -0.0575. The van der Waals surface area contributed by atoms with Crippen LogP contribution in [0.5, 0.6) is 0 Å². The van der Waals surface area contributed by atoms with E-state index >= 15 is 0 Å². The first-order valence-corrected chi connectivity index (χ1v) is 6.72. The van der Waals surface area contributed by atoms with Crippen LogP contribution >= 0.6 is 0 Å². The summed E-state index contributed by atoms with van der Waals surface area (Å²) in [7, 11) is 0. The van der Waals surface area contributed by atoms with E-state index in [0.717, 1.165) is 31.5 Å². The fraction of sp³-hybridized carbons (Fsp3) is 1.00. The zero-order valence-electron chi connectivity index (χ0n) is 10.4. The molecule has 0 aromatic rings. The van der Waals surface area contributed by atoms with Gasteiger partial charge in [0.1, 0.15) is 0 Å².